The molecular formula is C28H31ClO3. The van der Waals surface area contributed by atoms with Gasteiger partial charge in [0, 0.05) is 12.0 Å². The van der Waals surface area contributed by atoms with Crippen molar-refractivity contribution in [2.45, 2.75) is 57.8 Å². The summed E-state index contributed by atoms with van der Waals surface area (Å²) in [7, 11) is 0. The number of aliphatic hydroxyl groups is 1. The van der Waals surface area contributed by atoms with Crippen LogP contribution in [0.1, 0.15) is 57.1 Å². The SMILES string of the molecule is CCCCC(O)c1cc(Cl)c(OC2CCCCO2)c(-c2ccccc2)c1-c1ccccc1. The van der Waals surface area contributed by atoms with E-state index < -0.39 is 6.10 Å². The van der Waals surface area contributed by atoms with Crippen LogP contribution in [0.5, 0.6) is 5.75 Å². The van der Waals surface area contributed by atoms with Gasteiger partial charge in [-0.15, -0.1) is 0 Å². The molecule has 4 rings (SSSR count). The molecule has 32 heavy (non-hydrogen) atoms. The van der Waals surface area contributed by atoms with Crippen molar-refractivity contribution < 1.29 is 14.6 Å². The van der Waals surface area contributed by atoms with E-state index >= 15 is 0 Å². The number of hydrogen-bond acceptors (Lipinski definition) is 3. The summed E-state index contributed by atoms with van der Waals surface area (Å²) in [6, 6.07) is 22.2. The Bertz CT molecular complexity index is 998. The predicted molar refractivity (Wildman–Crippen MR) is 131 cm³/mol. The van der Waals surface area contributed by atoms with Crippen LogP contribution >= 0.6 is 11.6 Å². The Labute approximate surface area is 196 Å². The lowest BCUT2D eigenvalue weighted by atomic mass is 9.86. The lowest BCUT2D eigenvalue weighted by Crippen LogP contribution is -2.25. The molecule has 3 nitrogen and oxygen atoms in total. The minimum atomic E-state index is -0.606. The van der Waals surface area contributed by atoms with Gasteiger partial charge in [0.1, 0.15) is 5.75 Å². The van der Waals surface area contributed by atoms with Crippen LogP contribution in [0.2, 0.25) is 5.02 Å². The summed E-state index contributed by atoms with van der Waals surface area (Å²) in [6.07, 6.45) is 4.70. The van der Waals surface area contributed by atoms with Crippen LogP contribution in [0.3, 0.4) is 0 Å². The van der Waals surface area contributed by atoms with Gasteiger partial charge in [-0.25, -0.2) is 0 Å². The molecule has 1 fully saturated rings. The van der Waals surface area contributed by atoms with Crippen LogP contribution in [0, 0.1) is 0 Å². The highest BCUT2D eigenvalue weighted by Crippen LogP contribution is 2.48. The molecule has 4 heteroatoms. The molecule has 1 aliphatic heterocycles. The second kappa shape index (κ2) is 11.0. The van der Waals surface area contributed by atoms with E-state index in [1.54, 1.807) is 0 Å². The van der Waals surface area contributed by atoms with Crippen molar-refractivity contribution in [2.24, 2.45) is 0 Å². The number of aliphatic hydroxyl groups excluding tert-OH is 1. The summed E-state index contributed by atoms with van der Waals surface area (Å²) in [4.78, 5) is 0. The van der Waals surface area contributed by atoms with E-state index in [4.69, 9.17) is 21.1 Å². The summed E-state index contributed by atoms with van der Waals surface area (Å²) >= 11 is 6.85. The second-order valence-electron chi connectivity index (χ2n) is 8.33. The van der Waals surface area contributed by atoms with E-state index in [1.165, 1.54) is 0 Å². The Morgan fingerprint density at radius 1 is 1.00 bits per heavy atom. The zero-order valence-electron chi connectivity index (χ0n) is 18.6. The Morgan fingerprint density at radius 3 is 2.25 bits per heavy atom. The first-order valence-corrected chi connectivity index (χ1v) is 12.0. The molecule has 1 N–H and O–H groups in total. The third kappa shape index (κ3) is 5.17. The van der Waals surface area contributed by atoms with Gasteiger partial charge >= 0.3 is 0 Å². The average molecular weight is 451 g/mol. The van der Waals surface area contributed by atoms with Crippen molar-refractivity contribution in [2.75, 3.05) is 6.61 Å². The van der Waals surface area contributed by atoms with Crippen LogP contribution < -0.4 is 4.74 Å². The zero-order valence-corrected chi connectivity index (χ0v) is 19.4. The Hall–Kier alpha value is -2.33. The standard InChI is InChI=1S/C28H31ClO3/c1-2-3-16-24(30)22-19-23(29)28(32-25-17-10-11-18-31-25)27(21-14-8-5-9-15-21)26(22)20-12-6-4-7-13-20/h4-9,12-15,19,24-25,30H,2-3,10-11,16-18H2,1H3. The highest BCUT2D eigenvalue weighted by molar-refractivity contribution is 6.33. The summed E-state index contributed by atoms with van der Waals surface area (Å²) in [6.45, 7) is 2.83. The number of halogens is 1. The van der Waals surface area contributed by atoms with Crippen molar-refractivity contribution in [3.8, 4) is 28.0 Å². The van der Waals surface area contributed by atoms with Crippen molar-refractivity contribution >= 4 is 11.6 Å². The van der Waals surface area contributed by atoms with Crippen molar-refractivity contribution in [3.63, 3.8) is 0 Å². The Morgan fingerprint density at radius 2 is 1.66 bits per heavy atom. The van der Waals surface area contributed by atoms with Crippen molar-refractivity contribution in [1.29, 1.82) is 0 Å². The number of hydrogen-bond donors (Lipinski definition) is 1. The summed E-state index contributed by atoms with van der Waals surface area (Å²) < 4.78 is 12.3. The van der Waals surface area contributed by atoms with Crippen LogP contribution in [0.15, 0.2) is 66.7 Å². The van der Waals surface area contributed by atoms with Gasteiger partial charge in [-0.05, 0) is 47.6 Å². The molecule has 2 unspecified atom stereocenters. The van der Waals surface area contributed by atoms with Crippen LogP contribution in [-0.4, -0.2) is 18.0 Å². The first-order valence-electron chi connectivity index (χ1n) is 11.6. The number of benzene rings is 3. The fourth-order valence-corrected chi connectivity index (χ4v) is 4.57. The third-order valence-electron chi connectivity index (χ3n) is 5.97. The molecule has 3 aromatic carbocycles. The van der Waals surface area contributed by atoms with E-state index in [0.717, 1.165) is 59.9 Å². The maximum absolute atomic E-state index is 11.2. The smallest absolute Gasteiger partial charge is 0.199 e. The van der Waals surface area contributed by atoms with Gasteiger partial charge in [0.25, 0.3) is 0 Å². The number of unbranched alkanes of at least 4 members (excludes halogenated alkanes) is 1. The molecular weight excluding hydrogens is 420 g/mol. The third-order valence-corrected chi connectivity index (χ3v) is 6.25. The van der Waals surface area contributed by atoms with E-state index in [9.17, 15) is 5.11 Å². The largest absolute Gasteiger partial charge is 0.463 e. The van der Waals surface area contributed by atoms with E-state index in [2.05, 4.69) is 31.2 Å². The van der Waals surface area contributed by atoms with Crippen LogP contribution in [-0.2, 0) is 4.74 Å². The van der Waals surface area contributed by atoms with Gasteiger partial charge in [0.05, 0.1) is 17.7 Å². The summed E-state index contributed by atoms with van der Waals surface area (Å²) in [5.41, 5.74) is 4.75. The lowest BCUT2D eigenvalue weighted by Gasteiger charge is -2.28. The van der Waals surface area contributed by atoms with Crippen molar-refractivity contribution in [1.82, 2.24) is 0 Å². The molecule has 1 saturated heterocycles. The topological polar surface area (TPSA) is 38.7 Å². The monoisotopic (exact) mass is 450 g/mol. The van der Waals surface area contributed by atoms with Crippen LogP contribution in [0.4, 0.5) is 0 Å². The quantitative estimate of drug-likeness (QED) is 0.380. The molecule has 0 radical (unpaired) electrons. The molecule has 0 spiro atoms. The highest BCUT2D eigenvalue weighted by Gasteiger charge is 2.27. The number of rotatable bonds is 8. The Balaban J connectivity index is 1.94. The Kier molecular flexibility index (Phi) is 7.85. The summed E-state index contributed by atoms with van der Waals surface area (Å²) in [5.74, 6) is 0.620. The molecule has 1 aliphatic rings. The molecule has 168 valence electrons. The van der Waals surface area contributed by atoms with Crippen LogP contribution in [0.25, 0.3) is 22.3 Å². The van der Waals surface area contributed by atoms with E-state index in [0.29, 0.717) is 23.8 Å². The first kappa shape index (κ1) is 22.8. The second-order valence-corrected chi connectivity index (χ2v) is 8.74. The van der Waals surface area contributed by atoms with E-state index in [-0.39, 0.29) is 6.29 Å². The van der Waals surface area contributed by atoms with Gasteiger partial charge in [-0.3, -0.25) is 0 Å². The molecule has 2 atom stereocenters. The normalized spacial score (nSPS) is 17.2. The van der Waals surface area contributed by atoms with E-state index in [1.807, 2.05) is 42.5 Å². The maximum Gasteiger partial charge on any atom is 0.199 e. The average Bonchev–Trinajstić information content (AvgIpc) is 2.85. The van der Waals surface area contributed by atoms with Gasteiger partial charge < -0.3 is 14.6 Å². The van der Waals surface area contributed by atoms with Crippen molar-refractivity contribution in [3.05, 3.63) is 77.3 Å². The fraction of sp³-hybridized carbons (Fsp3) is 0.357. The number of ether oxygens (including phenoxy) is 2. The minimum absolute atomic E-state index is 0.316. The summed E-state index contributed by atoms with van der Waals surface area (Å²) in [5, 5.41) is 11.7. The first-order chi connectivity index (χ1) is 15.7. The van der Waals surface area contributed by atoms with Gasteiger partial charge in [0.15, 0.2) is 6.29 Å². The predicted octanol–water partition coefficient (Wildman–Crippen LogP) is 7.80. The minimum Gasteiger partial charge on any atom is -0.463 e. The lowest BCUT2D eigenvalue weighted by molar-refractivity contribution is -0.105. The van der Waals surface area contributed by atoms with Gasteiger partial charge in [0.2, 0.25) is 0 Å². The molecule has 0 aliphatic carbocycles. The maximum atomic E-state index is 11.2. The van der Waals surface area contributed by atoms with Gasteiger partial charge in [-0.2, -0.15) is 0 Å². The van der Waals surface area contributed by atoms with Gasteiger partial charge in [-0.1, -0.05) is 92.0 Å². The molecule has 3 aromatic rings. The molecule has 1 heterocycles. The molecule has 0 saturated carbocycles. The molecule has 0 amide bonds. The highest BCUT2D eigenvalue weighted by atomic mass is 35.5. The fourth-order valence-electron chi connectivity index (χ4n) is 4.31. The molecule has 0 aromatic heterocycles. The zero-order chi connectivity index (χ0) is 22.3. The molecule has 0 bridgehead atoms.